The minimum Gasteiger partial charge on any atom is -0.496 e. The minimum absolute atomic E-state index is 0.00665. The van der Waals surface area contributed by atoms with Crippen molar-refractivity contribution in [2.75, 3.05) is 12.4 Å². The summed E-state index contributed by atoms with van der Waals surface area (Å²) in [5.74, 6) is 1.06. The molecule has 4 rings (SSSR count). The van der Waals surface area contributed by atoms with Gasteiger partial charge in [-0.2, -0.15) is 0 Å². The Labute approximate surface area is 185 Å². The van der Waals surface area contributed by atoms with E-state index in [4.69, 9.17) is 17.0 Å². The summed E-state index contributed by atoms with van der Waals surface area (Å²) in [5, 5.41) is 7.66. The summed E-state index contributed by atoms with van der Waals surface area (Å²) in [4.78, 5) is 12.8. The quantitative estimate of drug-likeness (QED) is 0.439. The van der Waals surface area contributed by atoms with Crippen LogP contribution in [-0.4, -0.2) is 32.1 Å². The molecule has 0 aliphatic rings. The largest absolute Gasteiger partial charge is 0.496 e. The van der Waals surface area contributed by atoms with Gasteiger partial charge in [0.2, 0.25) is 10.7 Å². The smallest absolute Gasteiger partial charge is 0.246 e. The number of amides is 1. The molecular formula is C23H23N5O2S. The minimum atomic E-state index is -0.194. The standard InChI is InChI=1S/C23H23N5O2S/c1-3-17-10-4-6-12-19(17)24-21(29)16-27-23(31)28(26-14-8-9-15-26)22(25-27)18-11-5-7-13-20(18)30-2/h4-15H,3,16H2,1-2H3,(H,24,29). The molecular weight excluding hydrogens is 410 g/mol. The van der Waals surface area contributed by atoms with E-state index in [1.54, 1.807) is 11.8 Å². The van der Waals surface area contributed by atoms with Crippen molar-refractivity contribution >= 4 is 23.8 Å². The molecule has 1 amide bonds. The summed E-state index contributed by atoms with van der Waals surface area (Å²) in [6, 6.07) is 19.2. The summed E-state index contributed by atoms with van der Waals surface area (Å²) in [6.45, 7) is 2.05. The van der Waals surface area contributed by atoms with E-state index in [-0.39, 0.29) is 12.5 Å². The van der Waals surface area contributed by atoms with Crippen LogP contribution < -0.4 is 10.1 Å². The molecule has 31 heavy (non-hydrogen) atoms. The lowest BCUT2D eigenvalue weighted by Crippen LogP contribution is -2.20. The monoisotopic (exact) mass is 433 g/mol. The first-order chi connectivity index (χ1) is 15.1. The first-order valence-electron chi connectivity index (χ1n) is 9.97. The van der Waals surface area contributed by atoms with E-state index in [9.17, 15) is 4.79 Å². The van der Waals surface area contributed by atoms with E-state index in [0.29, 0.717) is 16.3 Å². The van der Waals surface area contributed by atoms with Gasteiger partial charge in [0.15, 0.2) is 5.82 Å². The van der Waals surface area contributed by atoms with Gasteiger partial charge in [-0.05, 0) is 54.5 Å². The van der Waals surface area contributed by atoms with E-state index in [0.717, 1.165) is 23.2 Å². The number of benzene rings is 2. The molecule has 2 heterocycles. The van der Waals surface area contributed by atoms with Crippen molar-refractivity contribution in [1.82, 2.24) is 19.1 Å². The van der Waals surface area contributed by atoms with Crippen molar-refractivity contribution in [3.63, 3.8) is 0 Å². The molecule has 0 aliphatic carbocycles. The van der Waals surface area contributed by atoms with Gasteiger partial charge in [0, 0.05) is 18.1 Å². The molecule has 1 N–H and O–H groups in total. The average molecular weight is 434 g/mol. The lowest BCUT2D eigenvalue weighted by atomic mass is 10.1. The second-order valence-electron chi connectivity index (χ2n) is 6.90. The number of para-hydroxylation sites is 2. The van der Waals surface area contributed by atoms with E-state index in [2.05, 4.69) is 17.3 Å². The summed E-state index contributed by atoms with van der Waals surface area (Å²) in [7, 11) is 1.61. The van der Waals surface area contributed by atoms with E-state index in [1.807, 2.05) is 77.7 Å². The predicted molar refractivity (Wildman–Crippen MR) is 123 cm³/mol. The topological polar surface area (TPSA) is 66.0 Å². The summed E-state index contributed by atoms with van der Waals surface area (Å²) in [5.41, 5.74) is 2.66. The zero-order valence-electron chi connectivity index (χ0n) is 17.4. The number of aryl methyl sites for hydroxylation is 1. The Morgan fingerprint density at radius 2 is 1.77 bits per heavy atom. The number of anilines is 1. The molecule has 4 aromatic rings. The number of methoxy groups -OCH3 is 1. The maximum atomic E-state index is 12.8. The second-order valence-corrected chi connectivity index (χ2v) is 7.26. The van der Waals surface area contributed by atoms with Crippen LogP contribution in [0.25, 0.3) is 11.4 Å². The fraction of sp³-hybridized carbons (Fsp3) is 0.174. The van der Waals surface area contributed by atoms with Gasteiger partial charge >= 0.3 is 0 Å². The number of hydrogen-bond donors (Lipinski definition) is 1. The highest BCUT2D eigenvalue weighted by molar-refractivity contribution is 7.71. The van der Waals surface area contributed by atoms with Gasteiger partial charge in [-0.3, -0.25) is 9.47 Å². The molecule has 0 saturated carbocycles. The van der Waals surface area contributed by atoms with Gasteiger partial charge in [0.1, 0.15) is 12.3 Å². The molecule has 0 atom stereocenters. The van der Waals surface area contributed by atoms with Crippen LogP contribution in [-0.2, 0) is 17.8 Å². The number of nitrogens with zero attached hydrogens (tertiary/aromatic N) is 4. The van der Waals surface area contributed by atoms with Gasteiger partial charge in [0.25, 0.3) is 0 Å². The third-order valence-corrected chi connectivity index (χ3v) is 5.33. The highest BCUT2D eigenvalue weighted by Gasteiger charge is 2.19. The van der Waals surface area contributed by atoms with Crippen molar-refractivity contribution in [2.24, 2.45) is 0 Å². The molecule has 2 aromatic carbocycles. The number of nitrogens with one attached hydrogen (secondary N) is 1. The third kappa shape index (κ3) is 4.15. The van der Waals surface area contributed by atoms with Crippen LogP contribution in [0.15, 0.2) is 73.1 Å². The maximum absolute atomic E-state index is 12.8. The number of rotatable bonds is 7. The molecule has 0 fully saturated rings. The van der Waals surface area contributed by atoms with Gasteiger partial charge in [-0.25, -0.2) is 9.36 Å². The molecule has 8 heteroatoms. The summed E-state index contributed by atoms with van der Waals surface area (Å²) < 4.78 is 11.1. The van der Waals surface area contributed by atoms with Crippen LogP contribution in [0.4, 0.5) is 5.69 Å². The molecule has 2 aromatic heterocycles. The molecule has 0 aliphatic heterocycles. The van der Waals surface area contributed by atoms with E-state index >= 15 is 0 Å². The molecule has 0 spiro atoms. The molecule has 0 saturated heterocycles. The zero-order valence-corrected chi connectivity index (χ0v) is 18.2. The van der Waals surface area contributed by atoms with E-state index < -0.39 is 0 Å². The molecule has 0 unspecified atom stereocenters. The normalized spacial score (nSPS) is 10.8. The first kappa shape index (κ1) is 20.6. The zero-order chi connectivity index (χ0) is 21.8. The Bertz CT molecular complexity index is 1260. The first-order valence-corrected chi connectivity index (χ1v) is 10.4. The molecule has 158 valence electrons. The van der Waals surface area contributed by atoms with Gasteiger partial charge in [-0.1, -0.05) is 37.3 Å². The second kappa shape index (κ2) is 9.01. The SMILES string of the molecule is CCc1ccccc1NC(=O)Cn1nc(-c2ccccc2OC)n(-n2cccc2)c1=S. The van der Waals surface area contributed by atoms with Crippen LogP contribution >= 0.6 is 12.2 Å². The average Bonchev–Trinajstić information content (AvgIpc) is 3.42. The Morgan fingerprint density at radius 3 is 2.52 bits per heavy atom. The van der Waals surface area contributed by atoms with Crippen LogP contribution in [0.1, 0.15) is 12.5 Å². The highest BCUT2D eigenvalue weighted by Crippen LogP contribution is 2.29. The van der Waals surface area contributed by atoms with Crippen LogP contribution in [0.3, 0.4) is 0 Å². The summed E-state index contributed by atoms with van der Waals surface area (Å²) in [6.07, 6.45) is 4.58. The van der Waals surface area contributed by atoms with Crippen molar-refractivity contribution in [2.45, 2.75) is 19.9 Å². The Hall–Kier alpha value is -3.65. The number of aromatic nitrogens is 4. The fourth-order valence-electron chi connectivity index (χ4n) is 3.44. The lowest BCUT2D eigenvalue weighted by Gasteiger charge is -2.10. The van der Waals surface area contributed by atoms with Crippen LogP contribution in [0, 0.1) is 4.77 Å². The van der Waals surface area contributed by atoms with Gasteiger partial charge in [-0.15, -0.1) is 5.10 Å². The molecule has 0 bridgehead atoms. The summed E-state index contributed by atoms with van der Waals surface area (Å²) >= 11 is 5.69. The number of carbonyl (C=O) groups is 1. The van der Waals surface area contributed by atoms with Crippen LogP contribution in [0.5, 0.6) is 5.75 Å². The van der Waals surface area contributed by atoms with E-state index in [1.165, 1.54) is 4.68 Å². The highest BCUT2D eigenvalue weighted by atomic mass is 32.1. The molecule has 0 radical (unpaired) electrons. The molecule has 7 nitrogen and oxygen atoms in total. The Kier molecular flexibility index (Phi) is 5.99. The van der Waals surface area contributed by atoms with Gasteiger partial charge in [0.05, 0.1) is 12.7 Å². The van der Waals surface area contributed by atoms with Crippen molar-refractivity contribution in [3.8, 4) is 17.1 Å². The number of carbonyl (C=O) groups excluding carboxylic acids is 1. The lowest BCUT2D eigenvalue weighted by molar-refractivity contribution is -0.116. The fourth-order valence-corrected chi connectivity index (χ4v) is 3.73. The number of hydrogen-bond acceptors (Lipinski definition) is 4. The third-order valence-electron chi connectivity index (χ3n) is 4.95. The van der Waals surface area contributed by atoms with Crippen LogP contribution in [0.2, 0.25) is 0 Å². The van der Waals surface area contributed by atoms with Crippen molar-refractivity contribution in [3.05, 3.63) is 83.4 Å². The van der Waals surface area contributed by atoms with Crippen molar-refractivity contribution < 1.29 is 9.53 Å². The van der Waals surface area contributed by atoms with Crippen molar-refractivity contribution in [1.29, 1.82) is 0 Å². The predicted octanol–water partition coefficient (Wildman–Crippen LogP) is 4.40. The van der Waals surface area contributed by atoms with Gasteiger partial charge < -0.3 is 10.1 Å². The maximum Gasteiger partial charge on any atom is 0.246 e. The Morgan fingerprint density at radius 1 is 1.06 bits per heavy atom. The number of ether oxygens (including phenoxy) is 1. The Balaban J connectivity index is 1.72.